The maximum Gasteiger partial charge on any atom is 0.193 e. The van der Waals surface area contributed by atoms with E-state index < -0.39 is 9.04 Å². The van der Waals surface area contributed by atoms with Gasteiger partial charge < -0.3 is 4.43 Å². The first-order chi connectivity index (χ1) is 7.69. The Labute approximate surface area is 102 Å². The highest BCUT2D eigenvalue weighted by molar-refractivity contribution is 6.53. The van der Waals surface area contributed by atoms with E-state index in [9.17, 15) is 0 Å². The number of nitrogens with zero attached hydrogens (tertiary/aromatic N) is 1. The fourth-order valence-corrected chi connectivity index (χ4v) is 5.37. The molecule has 3 atom stereocenters. The minimum absolute atomic E-state index is 0.503. The Bertz CT molecular complexity index is 184. The molecule has 3 nitrogen and oxygen atoms in total. The largest absolute Gasteiger partial charge is 0.418 e. The van der Waals surface area contributed by atoms with Crippen LogP contribution in [0.3, 0.4) is 0 Å². The van der Waals surface area contributed by atoms with E-state index in [1.165, 1.54) is 25.3 Å². The van der Waals surface area contributed by atoms with Gasteiger partial charge in [-0.05, 0) is 39.4 Å². The summed E-state index contributed by atoms with van der Waals surface area (Å²) in [4.78, 5) is 2.28. The van der Waals surface area contributed by atoms with E-state index in [0.29, 0.717) is 11.8 Å². The van der Waals surface area contributed by atoms with Gasteiger partial charge >= 0.3 is 0 Å². The fraction of sp³-hybridized carbons (Fsp3) is 1.00. The van der Waals surface area contributed by atoms with E-state index in [2.05, 4.69) is 38.2 Å². The molecule has 3 unspecified atom stereocenters. The van der Waals surface area contributed by atoms with Crippen molar-refractivity contribution < 1.29 is 4.43 Å². The highest BCUT2D eigenvalue weighted by atomic mass is 28.3. The predicted molar refractivity (Wildman–Crippen MR) is 72.1 cm³/mol. The second kappa shape index (κ2) is 7.43. The SMILES string of the molecule is CCC(NC(CC)[SiH]1CCCCO1)N(C)C. The smallest absolute Gasteiger partial charge is 0.193 e. The summed E-state index contributed by atoms with van der Waals surface area (Å²) in [6.07, 6.45) is 5.52. The molecule has 1 saturated heterocycles. The lowest BCUT2D eigenvalue weighted by atomic mass is 10.3. The number of rotatable bonds is 6. The lowest BCUT2D eigenvalue weighted by molar-refractivity contribution is 0.214. The maximum atomic E-state index is 6.01. The summed E-state index contributed by atoms with van der Waals surface area (Å²) in [5, 5.41) is 3.79. The zero-order valence-corrected chi connectivity index (χ0v) is 12.5. The average Bonchev–Trinajstić information content (AvgIpc) is 2.31. The molecule has 96 valence electrons. The van der Waals surface area contributed by atoms with Crippen molar-refractivity contribution in [3.63, 3.8) is 0 Å². The second-order valence-corrected chi connectivity index (χ2v) is 7.77. The second-order valence-electron chi connectivity index (χ2n) is 4.97. The van der Waals surface area contributed by atoms with Crippen LogP contribution in [0.2, 0.25) is 6.04 Å². The van der Waals surface area contributed by atoms with Crippen LogP contribution >= 0.6 is 0 Å². The molecule has 0 amide bonds. The zero-order valence-electron chi connectivity index (χ0n) is 11.3. The molecule has 1 fully saturated rings. The van der Waals surface area contributed by atoms with Crippen molar-refractivity contribution in [2.24, 2.45) is 0 Å². The van der Waals surface area contributed by atoms with Crippen LogP contribution in [0, 0.1) is 0 Å². The molecule has 0 bridgehead atoms. The Morgan fingerprint density at radius 1 is 1.25 bits per heavy atom. The Hall–Kier alpha value is 0.0969. The van der Waals surface area contributed by atoms with E-state index in [1.807, 2.05) is 0 Å². The molecule has 0 aromatic heterocycles. The van der Waals surface area contributed by atoms with Crippen LogP contribution in [0.1, 0.15) is 39.5 Å². The molecular formula is C12H28N2OSi. The molecular weight excluding hydrogens is 216 g/mol. The summed E-state index contributed by atoms with van der Waals surface area (Å²) in [7, 11) is 3.31. The number of hydrogen-bond acceptors (Lipinski definition) is 3. The van der Waals surface area contributed by atoms with Crippen LogP contribution in [0.25, 0.3) is 0 Å². The Morgan fingerprint density at radius 2 is 2.00 bits per heavy atom. The molecule has 1 rings (SSSR count). The molecule has 4 heteroatoms. The third-order valence-electron chi connectivity index (χ3n) is 3.52. The van der Waals surface area contributed by atoms with Gasteiger partial charge in [-0.15, -0.1) is 0 Å². The number of hydrogen-bond donors (Lipinski definition) is 1. The van der Waals surface area contributed by atoms with Crippen LogP contribution in [0.5, 0.6) is 0 Å². The van der Waals surface area contributed by atoms with Gasteiger partial charge in [0.2, 0.25) is 0 Å². The summed E-state index contributed by atoms with van der Waals surface area (Å²) in [6, 6.07) is 1.36. The van der Waals surface area contributed by atoms with Gasteiger partial charge in [0.05, 0.1) is 6.17 Å². The first kappa shape index (κ1) is 14.2. The van der Waals surface area contributed by atoms with E-state index in [1.54, 1.807) is 0 Å². The molecule has 0 saturated carbocycles. The first-order valence-electron chi connectivity index (χ1n) is 6.73. The average molecular weight is 244 g/mol. The highest BCUT2D eigenvalue weighted by Gasteiger charge is 2.27. The minimum Gasteiger partial charge on any atom is -0.418 e. The molecule has 0 aromatic rings. The molecule has 16 heavy (non-hydrogen) atoms. The van der Waals surface area contributed by atoms with Gasteiger partial charge in [-0.3, -0.25) is 10.2 Å². The maximum absolute atomic E-state index is 6.01. The standard InChI is InChI=1S/C12H28N2OSi/c1-5-11(14(3)4)13-12(6-2)16-10-8-7-9-15-16/h11-13,16H,5-10H2,1-4H3. The predicted octanol–water partition coefficient (Wildman–Crippen LogP) is 1.73. The number of nitrogens with one attached hydrogen (secondary N) is 1. The molecule has 1 aliphatic rings. The van der Waals surface area contributed by atoms with Crippen molar-refractivity contribution in [1.29, 1.82) is 0 Å². The first-order valence-corrected chi connectivity index (χ1v) is 8.68. The van der Waals surface area contributed by atoms with Crippen molar-refractivity contribution in [2.75, 3.05) is 20.7 Å². The summed E-state index contributed by atoms with van der Waals surface area (Å²) in [6.45, 7) is 5.53. The lowest BCUT2D eigenvalue weighted by Gasteiger charge is -2.34. The summed E-state index contributed by atoms with van der Waals surface area (Å²) >= 11 is 0. The van der Waals surface area contributed by atoms with Crippen molar-refractivity contribution in [3.05, 3.63) is 0 Å². The van der Waals surface area contributed by atoms with Gasteiger partial charge in [-0.1, -0.05) is 20.3 Å². The summed E-state index contributed by atoms with van der Waals surface area (Å²) in [5.74, 6) is 0. The Balaban J connectivity index is 2.45. The summed E-state index contributed by atoms with van der Waals surface area (Å²) in [5.41, 5.74) is 0.646. The van der Waals surface area contributed by atoms with E-state index in [0.717, 1.165) is 13.0 Å². The molecule has 1 N–H and O–H groups in total. The molecule has 0 aromatic carbocycles. The van der Waals surface area contributed by atoms with Crippen LogP contribution < -0.4 is 5.32 Å². The van der Waals surface area contributed by atoms with Crippen molar-refractivity contribution >= 4 is 9.04 Å². The normalized spacial score (nSPS) is 25.7. The minimum atomic E-state index is -0.990. The van der Waals surface area contributed by atoms with Crippen LogP contribution in [0.4, 0.5) is 0 Å². The van der Waals surface area contributed by atoms with E-state index in [4.69, 9.17) is 4.43 Å². The fourth-order valence-electron chi connectivity index (χ4n) is 2.45. The third kappa shape index (κ3) is 4.16. The van der Waals surface area contributed by atoms with Gasteiger partial charge in [-0.25, -0.2) is 0 Å². The summed E-state index contributed by atoms with van der Waals surface area (Å²) < 4.78 is 6.01. The molecule has 0 radical (unpaired) electrons. The molecule has 0 aliphatic carbocycles. The monoisotopic (exact) mass is 244 g/mol. The van der Waals surface area contributed by atoms with Gasteiger partial charge in [0.15, 0.2) is 9.04 Å². The topological polar surface area (TPSA) is 24.5 Å². The third-order valence-corrected chi connectivity index (χ3v) is 6.72. The van der Waals surface area contributed by atoms with Crippen molar-refractivity contribution in [2.45, 2.75) is 57.4 Å². The van der Waals surface area contributed by atoms with Gasteiger partial charge in [0.1, 0.15) is 0 Å². The van der Waals surface area contributed by atoms with Gasteiger partial charge in [0.25, 0.3) is 0 Å². The quantitative estimate of drug-likeness (QED) is 0.569. The van der Waals surface area contributed by atoms with Crippen LogP contribution in [-0.4, -0.2) is 46.5 Å². The molecule has 0 spiro atoms. The van der Waals surface area contributed by atoms with Crippen LogP contribution in [-0.2, 0) is 4.43 Å². The zero-order chi connectivity index (χ0) is 12.0. The molecule has 1 aliphatic heterocycles. The highest BCUT2D eigenvalue weighted by Crippen LogP contribution is 2.16. The van der Waals surface area contributed by atoms with E-state index >= 15 is 0 Å². The molecule has 1 heterocycles. The Morgan fingerprint density at radius 3 is 2.44 bits per heavy atom. The van der Waals surface area contributed by atoms with Gasteiger partial charge in [0, 0.05) is 12.3 Å². The van der Waals surface area contributed by atoms with Crippen molar-refractivity contribution in [3.8, 4) is 0 Å². The lowest BCUT2D eigenvalue weighted by Crippen LogP contribution is -2.53. The Kier molecular flexibility index (Phi) is 6.57. The van der Waals surface area contributed by atoms with Crippen molar-refractivity contribution in [1.82, 2.24) is 10.2 Å². The van der Waals surface area contributed by atoms with E-state index in [-0.39, 0.29) is 0 Å². The van der Waals surface area contributed by atoms with Crippen LogP contribution in [0.15, 0.2) is 0 Å². The van der Waals surface area contributed by atoms with Gasteiger partial charge in [-0.2, -0.15) is 0 Å².